The fraction of sp³-hybridized carbons (Fsp3) is 0.889. The highest BCUT2D eigenvalue weighted by Crippen LogP contribution is 2.08. The second-order valence-corrected chi connectivity index (χ2v) is 9.29. The van der Waals surface area contributed by atoms with Crippen molar-refractivity contribution >= 4 is 25.8 Å². The third-order valence-electron chi connectivity index (χ3n) is 1.49. The molecule has 0 radical (unpaired) electrons. The molecule has 0 spiro atoms. The van der Waals surface area contributed by atoms with Crippen LogP contribution < -0.4 is 4.72 Å². The number of nitrogens with one attached hydrogen (secondary N) is 1. The number of hydrogen-bond donors (Lipinski definition) is 1. The standard InChI is InChI=1S/C9H19NO6S2/c1-7(8(11)16-9(2,3)4)10-18(14,15)6-17(5,12)13/h7,10H,6H2,1-5H3/t7-/m1/s1. The summed E-state index contributed by atoms with van der Waals surface area (Å²) in [6.07, 6.45) is 0.796. The zero-order valence-corrected chi connectivity index (χ0v) is 12.7. The number of esters is 1. The minimum Gasteiger partial charge on any atom is -0.459 e. The molecule has 0 aromatic rings. The first-order chi connectivity index (χ1) is 7.72. The lowest BCUT2D eigenvalue weighted by Gasteiger charge is -2.22. The van der Waals surface area contributed by atoms with Crippen LogP contribution in [-0.4, -0.2) is 45.8 Å². The number of carbonyl (C=O) groups is 1. The maximum absolute atomic E-state index is 11.5. The van der Waals surface area contributed by atoms with E-state index in [1.807, 2.05) is 4.72 Å². The molecule has 0 aromatic carbocycles. The zero-order chi connectivity index (χ0) is 14.8. The SMILES string of the molecule is C[C@@H](NS(=O)(=O)CS(C)(=O)=O)C(=O)OC(C)(C)C. The average Bonchev–Trinajstić information content (AvgIpc) is 1.93. The first-order valence-corrected chi connectivity index (χ1v) is 8.84. The summed E-state index contributed by atoms with van der Waals surface area (Å²) in [6, 6.07) is -1.14. The van der Waals surface area contributed by atoms with Gasteiger partial charge >= 0.3 is 5.97 Å². The van der Waals surface area contributed by atoms with Gasteiger partial charge in [0.1, 0.15) is 11.6 Å². The van der Waals surface area contributed by atoms with Crippen molar-refractivity contribution in [2.45, 2.75) is 39.3 Å². The highest BCUT2D eigenvalue weighted by Gasteiger charge is 2.27. The molecule has 18 heavy (non-hydrogen) atoms. The molecule has 108 valence electrons. The fourth-order valence-corrected chi connectivity index (χ4v) is 4.19. The van der Waals surface area contributed by atoms with Gasteiger partial charge in [-0.3, -0.25) is 4.79 Å². The molecule has 7 nitrogen and oxygen atoms in total. The normalized spacial score (nSPS) is 15.2. The van der Waals surface area contributed by atoms with Gasteiger partial charge in [0.2, 0.25) is 10.0 Å². The number of ether oxygens (including phenoxy) is 1. The maximum atomic E-state index is 11.5. The van der Waals surface area contributed by atoms with E-state index in [-0.39, 0.29) is 0 Å². The lowest BCUT2D eigenvalue weighted by Crippen LogP contribution is -2.43. The van der Waals surface area contributed by atoms with Crippen molar-refractivity contribution in [3.63, 3.8) is 0 Å². The Hall–Kier alpha value is -0.670. The van der Waals surface area contributed by atoms with Crippen LogP contribution in [0, 0.1) is 0 Å². The predicted molar refractivity (Wildman–Crippen MR) is 67.1 cm³/mol. The molecule has 0 rings (SSSR count). The molecule has 0 bridgehead atoms. The zero-order valence-electron chi connectivity index (χ0n) is 11.1. The molecule has 9 heteroatoms. The Morgan fingerprint density at radius 1 is 1.22 bits per heavy atom. The van der Waals surface area contributed by atoms with Gasteiger partial charge in [-0.25, -0.2) is 21.6 Å². The van der Waals surface area contributed by atoms with Crippen LogP contribution >= 0.6 is 0 Å². The van der Waals surface area contributed by atoms with Crippen molar-refractivity contribution in [3.8, 4) is 0 Å². The van der Waals surface area contributed by atoms with Crippen LogP contribution in [0.5, 0.6) is 0 Å². The minimum atomic E-state index is -4.08. The molecule has 0 fully saturated rings. The molecule has 0 amide bonds. The Balaban J connectivity index is 4.67. The molecule has 0 unspecified atom stereocenters. The summed E-state index contributed by atoms with van der Waals surface area (Å²) in [4.78, 5) is 11.5. The van der Waals surface area contributed by atoms with Gasteiger partial charge in [-0.05, 0) is 27.7 Å². The van der Waals surface area contributed by atoms with E-state index in [4.69, 9.17) is 4.74 Å². The number of hydrogen-bond acceptors (Lipinski definition) is 6. The van der Waals surface area contributed by atoms with Crippen LogP contribution in [0.4, 0.5) is 0 Å². The summed E-state index contributed by atoms with van der Waals surface area (Å²) in [5, 5.41) is -1.06. The van der Waals surface area contributed by atoms with Gasteiger partial charge in [0.25, 0.3) is 0 Å². The van der Waals surface area contributed by atoms with Crippen molar-refractivity contribution in [1.29, 1.82) is 0 Å². The molecule has 0 saturated heterocycles. The quantitative estimate of drug-likeness (QED) is 0.695. The van der Waals surface area contributed by atoms with Crippen molar-refractivity contribution in [1.82, 2.24) is 4.72 Å². The third kappa shape index (κ3) is 8.43. The summed E-state index contributed by atoms with van der Waals surface area (Å²) in [5.41, 5.74) is -0.742. The summed E-state index contributed by atoms with van der Waals surface area (Å²) in [5.74, 6) is -0.764. The molecule has 0 heterocycles. The molecule has 0 aliphatic carbocycles. The lowest BCUT2D eigenvalue weighted by atomic mass is 10.2. The molecule has 1 atom stereocenters. The van der Waals surface area contributed by atoms with E-state index in [9.17, 15) is 21.6 Å². The summed E-state index contributed by atoms with van der Waals surface area (Å²) >= 11 is 0. The van der Waals surface area contributed by atoms with Crippen molar-refractivity contribution in [2.24, 2.45) is 0 Å². The van der Waals surface area contributed by atoms with Crippen molar-refractivity contribution < 1.29 is 26.4 Å². The van der Waals surface area contributed by atoms with E-state index in [2.05, 4.69) is 0 Å². The van der Waals surface area contributed by atoms with Crippen LogP contribution in [-0.2, 0) is 29.4 Å². The van der Waals surface area contributed by atoms with Gasteiger partial charge in [0, 0.05) is 6.26 Å². The summed E-state index contributed by atoms with van der Waals surface area (Å²) in [7, 11) is -7.77. The van der Waals surface area contributed by atoms with E-state index >= 15 is 0 Å². The van der Waals surface area contributed by atoms with Crippen molar-refractivity contribution in [3.05, 3.63) is 0 Å². The number of sulfonamides is 1. The van der Waals surface area contributed by atoms with Gasteiger partial charge in [0.15, 0.2) is 14.9 Å². The Kier molecular flexibility index (Phi) is 5.33. The molecular formula is C9H19NO6S2. The van der Waals surface area contributed by atoms with E-state index < -0.39 is 42.6 Å². The van der Waals surface area contributed by atoms with Crippen LogP contribution in [0.1, 0.15) is 27.7 Å². The van der Waals surface area contributed by atoms with Crippen LogP contribution in [0.15, 0.2) is 0 Å². The number of sulfone groups is 1. The van der Waals surface area contributed by atoms with Crippen LogP contribution in [0.3, 0.4) is 0 Å². The van der Waals surface area contributed by atoms with Crippen molar-refractivity contribution in [2.75, 3.05) is 11.3 Å². The molecule has 0 saturated carbocycles. The van der Waals surface area contributed by atoms with Crippen LogP contribution in [0.25, 0.3) is 0 Å². The number of rotatable bonds is 5. The lowest BCUT2D eigenvalue weighted by molar-refractivity contribution is -0.156. The van der Waals surface area contributed by atoms with Crippen LogP contribution in [0.2, 0.25) is 0 Å². The third-order valence-corrected chi connectivity index (χ3v) is 5.15. The highest BCUT2D eigenvalue weighted by atomic mass is 32.3. The van der Waals surface area contributed by atoms with Gasteiger partial charge in [-0.1, -0.05) is 0 Å². The Morgan fingerprint density at radius 3 is 2.00 bits per heavy atom. The smallest absolute Gasteiger partial charge is 0.324 e. The molecule has 0 aliphatic heterocycles. The molecule has 1 N–H and O–H groups in total. The fourth-order valence-electron chi connectivity index (χ4n) is 1.02. The number of carbonyl (C=O) groups excluding carboxylic acids is 1. The maximum Gasteiger partial charge on any atom is 0.324 e. The van der Waals surface area contributed by atoms with E-state index in [1.165, 1.54) is 6.92 Å². The largest absolute Gasteiger partial charge is 0.459 e. The first kappa shape index (κ1) is 17.3. The monoisotopic (exact) mass is 301 g/mol. The predicted octanol–water partition coefficient (Wildman–Crippen LogP) is -0.362. The van der Waals surface area contributed by atoms with E-state index in [1.54, 1.807) is 20.8 Å². The molecule has 0 aliphatic rings. The van der Waals surface area contributed by atoms with Gasteiger partial charge in [-0.15, -0.1) is 0 Å². The van der Waals surface area contributed by atoms with Gasteiger partial charge in [0.05, 0.1) is 0 Å². The average molecular weight is 301 g/mol. The highest BCUT2D eigenvalue weighted by molar-refractivity contribution is 8.06. The van der Waals surface area contributed by atoms with Gasteiger partial charge in [-0.2, -0.15) is 0 Å². The first-order valence-electron chi connectivity index (χ1n) is 5.12. The van der Waals surface area contributed by atoms with E-state index in [0.717, 1.165) is 6.26 Å². The molecule has 0 aromatic heterocycles. The second-order valence-electron chi connectivity index (χ2n) is 5.03. The summed E-state index contributed by atoms with van der Waals surface area (Å²) < 4.78 is 51.6. The van der Waals surface area contributed by atoms with E-state index in [0.29, 0.717) is 0 Å². The minimum absolute atomic E-state index is 0.742. The van der Waals surface area contributed by atoms with Gasteiger partial charge < -0.3 is 4.74 Å². The topological polar surface area (TPSA) is 107 Å². The molecular weight excluding hydrogens is 282 g/mol. The second kappa shape index (κ2) is 5.54. The Bertz CT molecular complexity index is 500. The summed E-state index contributed by atoms with van der Waals surface area (Å²) in [6.45, 7) is 6.21. The Labute approximate surface area is 108 Å². The Morgan fingerprint density at radius 2 is 1.67 bits per heavy atom.